The summed E-state index contributed by atoms with van der Waals surface area (Å²) < 4.78 is 69.4. The number of hydrogen-bond donors (Lipinski definition) is 2. The Morgan fingerprint density at radius 1 is 1.29 bits per heavy atom. The van der Waals surface area contributed by atoms with Gasteiger partial charge in [0.15, 0.2) is 20.5 Å². The van der Waals surface area contributed by atoms with E-state index in [9.17, 15) is 13.5 Å². The molecule has 1 fully saturated rings. The van der Waals surface area contributed by atoms with Crippen molar-refractivity contribution < 1.29 is 26.7 Å². The molecule has 34 heavy (non-hydrogen) atoms. The third-order valence-corrected chi connectivity index (χ3v) is 6.76. The SMILES string of the molecule is C#CC(O)(C1CC1)C(F)(F)c1cccc(CNc2nc(C)nc3cnc(S(C)(=O)=O)cc23)c1F. The number of halogens is 3. The quantitative estimate of drug-likeness (QED) is 0.490. The third-order valence-electron chi connectivity index (χ3n) is 5.78. The fourth-order valence-electron chi connectivity index (χ4n) is 3.78. The van der Waals surface area contributed by atoms with E-state index in [4.69, 9.17) is 6.42 Å². The van der Waals surface area contributed by atoms with E-state index < -0.39 is 38.7 Å². The summed E-state index contributed by atoms with van der Waals surface area (Å²) in [6, 6.07) is 4.75. The molecule has 2 heterocycles. The van der Waals surface area contributed by atoms with Gasteiger partial charge in [-0.05, 0) is 31.9 Å². The second kappa shape index (κ2) is 8.21. The van der Waals surface area contributed by atoms with Crippen molar-refractivity contribution in [3.63, 3.8) is 0 Å². The first-order valence-corrected chi connectivity index (χ1v) is 12.2. The Labute approximate surface area is 194 Å². The fourth-order valence-corrected chi connectivity index (χ4v) is 4.35. The number of hydrogen-bond acceptors (Lipinski definition) is 7. The molecular weight excluding hydrogens is 469 g/mol. The first-order chi connectivity index (χ1) is 15.9. The van der Waals surface area contributed by atoms with E-state index in [0.717, 1.165) is 12.3 Å². The van der Waals surface area contributed by atoms with Gasteiger partial charge >= 0.3 is 5.92 Å². The number of fused-ring (bicyclic) bond motifs is 1. The van der Waals surface area contributed by atoms with Gasteiger partial charge in [0.1, 0.15) is 17.5 Å². The minimum atomic E-state index is -4.00. The zero-order valence-electron chi connectivity index (χ0n) is 18.3. The maximum absolute atomic E-state index is 15.2. The van der Waals surface area contributed by atoms with Crippen molar-refractivity contribution in [1.82, 2.24) is 15.0 Å². The van der Waals surface area contributed by atoms with Crippen molar-refractivity contribution >= 4 is 26.6 Å². The van der Waals surface area contributed by atoms with Gasteiger partial charge < -0.3 is 10.4 Å². The van der Waals surface area contributed by atoms with Gasteiger partial charge in [0.05, 0.1) is 17.3 Å². The number of nitrogens with zero attached hydrogens (tertiary/aromatic N) is 3. The Bertz CT molecular complexity index is 1440. The molecular formula is C23H21F3N4O3S. The van der Waals surface area contributed by atoms with Crippen LogP contribution < -0.4 is 5.32 Å². The summed E-state index contributed by atoms with van der Waals surface area (Å²) in [5.74, 6) is -3.71. The van der Waals surface area contributed by atoms with Gasteiger partial charge in [-0.1, -0.05) is 18.1 Å². The van der Waals surface area contributed by atoms with Gasteiger partial charge in [-0.15, -0.1) is 6.42 Å². The fraction of sp³-hybridized carbons (Fsp3) is 0.348. The van der Waals surface area contributed by atoms with Gasteiger partial charge in [0.25, 0.3) is 0 Å². The summed E-state index contributed by atoms with van der Waals surface area (Å²) in [6.07, 6.45) is 8.19. The van der Waals surface area contributed by atoms with Gasteiger partial charge in [-0.25, -0.2) is 27.8 Å². The molecule has 0 aliphatic heterocycles. The number of aryl methyl sites for hydroxylation is 1. The zero-order chi connectivity index (χ0) is 24.9. The minimum Gasteiger partial charge on any atom is -0.371 e. The van der Waals surface area contributed by atoms with Crippen LogP contribution in [0, 0.1) is 31.0 Å². The van der Waals surface area contributed by atoms with Crippen molar-refractivity contribution in [1.29, 1.82) is 0 Å². The Hall–Kier alpha value is -3.23. The molecule has 4 rings (SSSR count). The summed E-state index contributed by atoms with van der Waals surface area (Å²) >= 11 is 0. The van der Waals surface area contributed by atoms with E-state index in [1.165, 1.54) is 24.4 Å². The maximum Gasteiger partial charge on any atom is 0.315 e. The lowest BCUT2D eigenvalue weighted by Crippen LogP contribution is -2.47. The maximum atomic E-state index is 15.2. The van der Waals surface area contributed by atoms with E-state index >= 15 is 13.2 Å². The van der Waals surface area contributed by atoms with Crippen LogP contribution in [0.4, 0.5) is 19.0 Å². The van der Waals surface area contributed by atoms with Crippen LogP contribution >= 0.6 is 0 Å². The normalized spacial score (nSPS) is 16.1. The van der Waals surface area contributed by atoms with E-state index in [1.54, 1.807) is 12.8 Å². The number of aromatic nitrogens is 3. The van der Waals surface area contributed by atoms with Crippen molar-refractivity contribution in [3.05, 3.63) is 53.2 Å². The van der Waals surface area contributed by atoms with Crippen LogP contribution in [0.1, 0.15) is 29.8 Å². The first-order valence-electron chi connectivity index (χ1n) is 10.3. The average Bonchev–Trinajstić information content (AvgIpc) is 3.62. The summed E-state index contributed by atoms with van der Waals surface area (Å²) in [5.41, 5.74) is -3.54. The predicted molar refractivity (Wildman–Crippen MR) is 119 cm³/mol. The van der Waals surface area contributed by atoms with E-state index in [0.29, 0.717) is 29.6 Å². The van der Waals surface area contributed by atoms with E-state index in [2.05, 4.69) is 20.3 Å². The second-order valence-corrected chi connectivity index (χ2v) is 10.3. The van der Waals surface area contributed by atoms with Crippen LogP contribution in [-0.2, 0) is 22.3 Å². The highest BCUT2D eigenvalue weighted by atomic mass is 32.2. The Morgan fingerprint density at radius 3 is 2.62 bits per heavy atom. The molecule has 1 unspecified atom stereocenters. The molecule has 2 aromatic heterocycles. The Morgan fingerprint density at radius 2 is 2.00 bits per heavy atom. The standard InChI is InChI=1S/C23H21F3N4O3S/c1-4-22(31,15-8-9-15)23(25,26)17-7-5-6-14(20(17)24)11-28-21-16-10-19(34(3,32)33)27-12-18(16)29-13(2)30-21/h1,5-7,10,12,15,31H,8-9,11H2,2-3H3,(H,28,29,30). The van der Waals surface area contributed by atoms with Gasteiger partial charge in [-0.3, -0.25) is 0 Å². The van der Waals surface area contributed by atoms with Crippen LogP contribution in [0.25, 0.3) is 10.9 Å². The van der Waals surface area contributed by atoms with Crippen molar-refractivity contribution in [3.8, 4) is 12.3 Å². The lowest BCUT2D eigenvalue weighted by molar-refractivity contribution is -0.168. The summed E-state index contributed by atoms with van der Waals surface area (Å²) in [4.78, 5) is 12.3. The number of terminal acetylenes is 1. The topological polar surface area (TPSA) is 105 Å². The summed E-state index contributed by atoms with van der Waals surface area (Å²) in [5, 5.41) is 13.5. The zero-order valence-corrected chi connectivity index (χ0v) is 19.1. The van der Waals surface area contributed by atoms with Crippen molar-refractivity contribution in [2.24, 2.45) is 5.92 Å². The van der Waals surface area contributed by atoms with Crippen LogP contribution in [-0.4, -0.2) is 40.3 Å². The highest BCUT2D eigenvalue weighted by molar-refractivity contribution is 7.90. The van der Waals surface area contributed by atoms with Gasteiger partial charge in [0.2, 0.25) is 0 Å². The largest absolute Gasteiger partial charge is 0.371 e. The van der Waals surface area contributed by atoms with E-state index in [1.807, 2.05) is 0 Å². The molecule has 0 amide bonds. The molecule has 11 heteroatoms. The predicted octanol–water partition coefficient (Wildman–Crippen LogP) is 3.35. The molecule has 1 aliphatic carbocycles. The van der Waals surface area contributed by atoms with Gasteiger partial charge in [0, 0.05) is 29.7 Å². The number of sulfone groups is 1. The van der Waals surface area contributed by atoms with Gasteiger partial charge in [-0.2, -0.15) is 8.78 Å². The Kier molecular flexibility index (Phi) is 5.78. The number of pyridine rings is 1. The lowest BCUT2D eigenvalue weighted by atomic mass is 9.85. The highest BCUT2D eigenvalue weighted by Crippen LogP contribution is 2.52. The Balaban J connectivity index is 1.70. The number of rotatable bonds is 7. The van der Waals surface area contributed by atoms with Crippen LogP contribution in [0.2, 0.25) is 0 Å². The molecule has 1 aliphatic rings. The summed E-state index contributed by atoms with van der Waals surface area (Å²) in [6.45, 7) is 1.35. The van der Waals surface area contributed by atoms with E-state index in [-0.39, 0.29) is 23.0 Å². The number of anilines is 1. The number of nitrogens with one attached hydrogen (secondary N) is 1. The molecule has 1 aromatic carbocycles. The number of benzene rings is 1. The molecule has 1 saturated carbocycles. The van der Waals surface area contributed by atoms with Crippen LogP contribution in [0.15, 0.2) is 35.5 Å². The molecule has 0 saturated heterocycles. The monoisotopic (exact) mass is 490 g/mol. The average molecular weight is 491 g/mol. The molecule has 178 valence electrons. The van der Waals surface area contributed by atoms with Crippen molar-refractivity contribution in [2.45, 2.75) is 42.9 Å². The van der Waals surface area contributed by atoms with Crippen molar-refractivity contribution in [2.75, 3.05) is 11.6 Å². The minimum absolute atomic E-state index is 0.117. The summed E-state index contributed by atoms with van der Waals surface area (Å²) in [7, 11) is -3.61. The molecule has 0 spiro atoms. The molecule has 1 atom stereocenters. The smallest absolute Gasteiger partial charge is 0.315 e. The third kappa shape index (κ3) is 4.08. The van der Waals surface area contributed by atoms with Crippen LogP contribution in [0.3, 0.4) is 0 Å². The number of aliphatic hydroxyl groups is 1. The number of alkyl halides is 2. The molecule has 3 aromatic rings. The highest BCUT2D eigenvalue weighted by Gasteiger charge is 2.61. The first kappa shape index (κ1) is 23.9. The molecule has 0 bridgehead atoms. The molecule has 0 radical (unpaired) electrons. The van der Waals surface area contributed by atoms with Crippen LogP contribution in [0.5, 0.6) is 0 Å². The molecule has 7 nitrogen and oxygen atoms in total. The lowest BCUT2D eigenvalue weighted by Gasteiger charge is -2.32. The molecule has 2 N–H and O–H groups in total. The second-order valence-electron chi connectivity index (χ2n) is 8.32.